The number of aliphatic hydroxyl groups is 1. The second kappa shape index (κ2) is 19.5. The van der Waals surface area contributed by atoms with Gasteiger partial charge in [-0.2, -0.15) is 0 Å². The Bertz CT molecular complexity index is 1870. The molecule has 0 aromatic heterocycles. The van der Waals surface area contributed by atoms with Crippen molar-refractivity contribution in [1.82, 2.24) is 26.2 Å². The van der Waals surface area contributed by atoms with Gasteiger partial charge in [-0.05, 0) is 62.1 Å². The largest absolute Gasteiger partial charge is 0.496 e. The van der Waals surface area contributed by atoms with Crippen molar-refractivity contribution in [2.75, 3.05) is 33.9 Å². The Morgan fingerprint density at radius 2 is 1.62 bits per heavy atom. The molecule has 296 valence electrons. The SMILES string of the molecule is COc1ccc2cc1Oc1cccc(OC)c1CNC(=O)[C@@H](C(C)C)NC(=O)[C@H]([C@@H](C)O)NC(=O)CN(C(=O)Cc1cccc(F)c1F)CCCCNC2=O. The lowest BCUT2D eigenvalue weighted by atomic mass is 10.0. The average Bonchev–Trinajstić information content (AvgIpc) is 3.15. The second-order valence-corrected chi connectivity index (χ2v) is 13.3. The number of nitrogens with zero attached hydrogens (tertiary/aromatic N) is 1. The van der Waals surface area contributed by atoms with E-state index < -0.39 is 78.2 Å². The van der Waals surface area contributed by atoms with Gasteiger partial charge in [0.15, 0.2) is 23.1 Å². The van der Waals surface area contributed by atoms with Crippen molar-refractivity contribution in [1.29, 1.82) is 0 Å². The monoisotopic (exact) mass is 767 g/mol. The number of nitrogens with one attached hydrogen (secondary N) is 4. The van der Waals surface area contributed by atoms with Gasteiger partial charge in [0, 0.05) is 24.2 Å². The minimum absolute atomic E-state index is 0.0242. The molecule has 0 radical (unpaired) electrons. The summed E-state index contributed by atoms with van der Waals surface area (Å²) in [4.78, 5) is 68.2. The fourth-order valence-corrected chi connectivity index (χ4v) is 5.87. The van der Waals surface area contributed by atoms with Gasteiger partial charge in [0.25, 0.3) is 5.91 Å². The normalized spacial score (nSPS) is 18.5. The lowest BCUT2D eigenvalue weighted by molar-refractivity contribution is -0.138. The fraction of sp³-hybridized carbons (Fsp3) is 0.410. The Balaban J connectivity index is 1.67. The molecule has 1 heterocycles. The maximum atomic E-state index is 14.5. The summed E-state index contributed by atoms with van der Waals surface area (Å²) in [7, 11) is 2.90. The zero-order chi connectivity index (χ0) is 40.2. The first-order chi connectivity index (χ1) is 26.2. The van der Waals surface area contributed by atoms with Crippen LogP contribution in [0.4, 0.5) is 8.78 Å². The molecule has 0 spiro atoms. The molecule has 4 rings (SSSR count). The molecule has 0 saturated carbocycles. The van der Waals surface area contributed by atoms with Crippen molar-refractivity contribution in [2.24, 2.45) is 5.92 Å². The minimum atomic E-state index is -1.53. The number of hydrogen-bond acceptors (Lipinski definition) is 9. The van der Waals surface area contributed by atoms with Crippen LogP contribution >= 0.6 is 0 Å². The van der Waals surface area contributed by atoms with Crippen LogP contribution in [0.2, 0.25) is 0 Å². The molecular weight excluding hydrogens is 720 g/mol. The summed E-state index contributed by atoms with van der Waals surface area (Å²) in [5.41, 5.74) is 0.479. The predicted molar refractivity (Wildman–Crippen MR) is 196 cm³/mol. The lowest BCUT2D eigenvalue weighted by Gasteiger charge is -2.28. The molecule has 5 amide bonds. The molecule has 16 heteroatoms. The number of methoxy groups -OCH3 is 2. The summed E-state index contributed by atoms with van der Waals surface area (Å²) in [5.74, 6) is -5.00. The Hall–Kier alpha value is -5.77. The molecule has 55 heavy (non-hydrogen) atoms. The smallest absolute Gasteiger partial charge is 0.251 e. The van der Waals surface area contributed by atoms with Gasteiger partial charge >= 0.3 is 0 Å². The lowest BCUT2D eigenvalue weighted by Crippen LogP contribution is -2.59. The van der Waals surface area contributed by atoms with E-state index >= 15 is 0 Å². The first-order valence-corrected chi connectivity index (χ1v) is 17.8. The van der Waals surface area contributed by atoms with E-state index in [1.807, 2.05) is 0 Å². The Kier molecular flexibility index (Phi) is 14.9. The van der Waals surface area contributed by atoms with Crippen LogP contribution in [0.25, 0.3) is 0 Å². The highest BCUT2D eigenvalue weighted by atomic mass is 19.2. The van der Waals surface area contributed by atoms with E-state index in [0.29, 0.717) is 23.5 Å². The molecular formula is C39H47F2N5O9. The number of rotatable bonds is 6. The molecule has 2 bridgehead atoms. The quantitative estimate of drug-likeness (QED) is 0.252. The Morgan fingerprint density at radius 1 is 0.891 bits per heavy atom. The van der Waals surface area contributed by atoms with Crippen LogP contribution in [0.1, 0.15) is 55.1 Å². The van der Waals surface area contributed by atoms with Gasteiger partial charge in [0.1, 0.15) is 23.6 Å². The first-order valence-electron chi connectivity index (χ1n) is 17.8. The molecule has 3 aromatic carbocycles. The minimum Gasteiger partial charge on any atom is -0.496 e. The standard InChI is InChI=1S/C39H47F2N5O9/c1-22(2)35-38(51)43-20-26-28(53-4)12-9-13-29(26)55-31-18-25(14-15-30(31)54-5)37(50)42-16-6-7-17-46(21-32(48)44-36(23(3)47)39(52)45-35)33(49)19-24-10-8-11-27(40)34(24)41/h8-15,18,22-23,35-36,47H,6-7,16-17,19-21H2,1-5H3,(H,42,50)(H,43,51)(H,44,48)(H,45,52)/t23-,35-,36+/m1/s1. The summed E-state index contributed by atoms with van der Waals surface area (Å²) < 4.78 is 45.7. The number of carbonyl (C=O) groups is 5. The summed E-state index contributed by atoms with van der Waals surface area (Å²) in [6.07, 6.45) is -1.34. The van der Waals surface area contributed by atoms with E-state index in [2.05, 4.69) is 21.3 Å². The van der Waals surface area contributed by atoms with Crippen LogP contribution in [0.5, 0.6) is 23.0 Å². The van der Waals surface area contributed by atoms with Crippen molar-refractivity contribution >= 4 is 29.5 Å². The van der Waals surface area contributed by atoms with Crippen LogP contribution in [-0.2, 0) is 32.1 Å². The number of ether oxygens (including phenoxy) is 3. The van der Waals surface area contributed by atoms with E-state index in [1.165, 1.54) is 39.3 Å². The van der Waals surface area contributed by atoms with Crippen LogP contribution in [0, 0.1) is 17.6 Å². The van der Waals surface area contributed by atoms with Crippen molar-refractivity contribution in [2.45, 2.75) is 64.8 Å². The molecule has 1 aliphatic rings. The number of aliphatic hydroxyl groups excluding tert-OH is 1. The van der Waals surface area contributed by atoms with Gasteiger partial charge in [-0.3, -0.25) is 24.0 Å². The van der Waals surface area contributed by atoms with Gasteiger partial charge < -0.3 is 45.5 Å². The number of amides is 5. The maximum absolute atomic E-state index is 14.5. The van der Waals surface area contributed by atoms with E-state index in [0.717, 1.165) is 11.0 Å². The predicted octanol–water partition coefficient (Wildman–Crippen LogP) is 2.99. The van der Waals surface area contributed by atoms with E-state index in [-0.39, 0.29) is 48.7 Å². The topological polar surface area (TPSA) is 185 Å². The number of halogens is 2. The van der Waals surface area contributed by atoms with Crippen molar-refractivity contribution in [3.63, 3.8) is 0 Å². The highest BCUT2D eigenvalue weighted by Gasteiger charge is 2.32. The third-order valence-corrected chi connectivity index (χ3v) is 8.92. The van der Waals surface area contributed by atoms with E-state index in [9.17, 15) is 37.9 Å². The zero-order valence-electron chi connectivity index (χ0n) is 31.4. The van der Waals surface area contributed by atoms with Gasteiger partial charge in [0.05, 0.1) is 45.4 Å². The molecule has 0 fully saturated rings. The van der Waals surface area contributed by atoms with Crippen LogP contribution in [0.15, 0.2) is 54.6 Å². The van der Waals surface area contributed by atoms with Crippen LogP contribution < -0.4 is 35.5 Å². The summed E-state index contributed by atoms with van der Waals surface area (Å²) >= 11 is 0. The average molecular weight is 768 g/mol. The van der Waals surface area contributed by atoms with Crippen molar-refractivity contribution < 1.29 is 52.1 Å². The molecule has 0 saturated heterocycles. The van der Waals surface area contributed by atoms with E-state index in [4.69, 9.17) is 14.2 Å². The number of hydrogen-bond donors (Lipinski definition) is 5. The van der Waals surface area contributed by atoms with Crippen LogP contribution in [0.3, 0.4) is 0 Å². The third kappa shape index (κ3) is 11.1. The number of benzene rings is 3. The van der Waals surface area contributed by atoms with Gasteiger partial charge in [-0.1, -0.05) is 32.0 Å². The second-order valence-electron chi connectivity index (χ2n) is 13.3. The molecule has 0 aliphatic carbocycles. The highest BCUT2D eigenvalue weighted by molar-refractivity contribution is 5.95. The molecule has 0 unspecified atom stereocenters. The van der Waals surface area contributed by atoms with Gasteiger partial charge in [-0.15, -0.1) is 0 Å². The Morgan fingerprint density at radius 3 is 2.31 bits per heavy atom. The van der Waals surface area contributed by atoms with Crippen LogP contribution in [-0.4, -0.2) is 91.6 Å². The molecule has 3 atom stereocenters. The zero-order valence-corrected chi connectivity index (χ0v) is 31.4. The maximum Gasteiger partial charge on any atom is 0.251 e. The number of carbonyl (C=O) groups excluding carboxylic acids is 5. The van der Waals surface area contributed by atoms with Gasteiger partial charge in [-0.25, -0.2) is 8.78 Å². The number of fused-ring (bicyclic) bond motifs is 3. The van der Waals surface area contributed by atoms with Crippen molar-refractivity contribution in [3.8, 4) is 23.0 Å². The molecule has 1 aliphatic heterocycles. The summed E-state index contributed by atoms with van der Waals surface area (Å²) in [6, 6.07) is 10.4. The first kappa shape index (κ1) is 42.0. The highest BCUT2D eigenvalue weighted by Crippen LogP contribution is 2.37. The summed E-state index contributed by atoms with van der Waals surface area (Å²) in [5, 5.41) is 21.2. The van der Waals surface area contributed by atoms with Gasteiger partial charge in [0.2, 0.25) is 23.6 Å². The molecule has 5 N–H and O–H groups in total. The Labute approximate surface area is 317 Å². The molecule has 14 nitrogen and oxygen atoms in total. The summed E-state index contributed by atoms with van der Waals surface area (Å²) in [6.45, 7) is 4.12. The van der Waals surface area contributed by atoms with E-state index in [1.54, 1.807) is 44.2 Å². The third-order valence-electron chi connectivity index (χ3n) is 8.92. The van der Waals surface area contributed by atoms with Crippen molar-refractivity contribution in [3.05, 3.63) is 82.9 Å². The fourth-order valence-electron chi connectivity index (χ4n) is 5.87. The molecule has 3 aromatic rings.